The molecule has 4 fully saturated rings. The average molecular weight is 387 g/mol. The fourth-order valence-electron chi connectivity index (χ4n) is 5.85. The summed E-state index contributed by atoms with van der Waals surface area (Å²) in [6, 6.07) is 4.35. The number of hydrogen-bond donors (Lipinski definition) is 0. The molecular formula is C22H34N4O2. The van der Waals surface area contributed by atoms with E-state index in [2.05, 4.69) is 32.1 Å². The maximum absolute atomic E-state index is 5.51. The molecule has 1 aliphatic carbocycles. The van der Waals surface area contributed by atoms with Crippen LogP contribution in [-0.4, -0.2) is 74.2 Å². The predicted molar refractivity (Wildman–Crippen MR) is 108 cm³/mol. The quantitative estimate of drug-likeness (QED) is 0.774. The van der Waals surface area contributed by atoms with E-state index in [0.717, 1.165) is 75.4 Å². The minimum atomic E-state index is 0.791. The van der Waals surface area contributed by atoms with Crippen LogP contribution in [0.1, 0.15) is 31.4 Å². The van der Waals surface area contributed by atoms with Crippen LogP contribution in [0.2, 0.25) is 0 Å². The zero-order chi connectivity index (χ0) is 18.8. The smallest absolute Gasteiger partial charge is 0.151 e. The molecular weight excluding hydrogens is 352 g/mol. The Morgan fingerprint density at radius 1 is 0.857 bits per heavy atom. The first-order chi connectivity index (χ1) is 13.8. The van der Waals surface area contributed by atoms with Crippen LogP contribution in [-0.2, 0) is 15.9 Å². The van der Waals surface area contributed by atoms with Gasteiger partial charge in [0.15, 0.2) is 5.82 Å². The number of ether oxygens (including phenoxy) is 2. The molecule has 6 nitrogen and oxygen atoms in total. The van der Waals surface area contributed by atoms with Crippen molar-refractivity contribution < 1.29 is 9.47 Å². The lowest BCUT2D eigenvalue weighted by atomic mass is 9.98. The molecule has 0 radical (unpaired) electrons. The molecule has 1 saturated carbocycles. The number of hydrogen-bond acceptors (Lipinski definition) is 6. The van der Waals surface area contributed by atoms with Gasteiger partial charge in [0.25, 0.3) is 0 Å². The Morgan fingerprint density at radius 2 is 1.57 bits per heavy atom. The fourth-order valence-corrected chi connectivity index (χ4v) is 5.85. The molecule has 3 saturated heterocycles. The van der Waals surface area contributed by atoms with Gasteiger partial charge in [-0.15, -0.1) is 5.10 Å². The number of anilines is 1. The first-order valence-corrected chi connectivity index (χ1v) is 11.3. The number of morpholine rings is 1. The lowest BCUT2D eigenvalue weighted by Gasteiger charge is -2.28. The SMILES string of the molecule is c1cc(N2CCOCC2)nnc1CC1C[C@@H]2CN(CC3CCOCC3)C[C@@H]2C1. The highest BCUT2D eigenvalue weighted by Gasteiger charge is 2.41. The third kappa shape index (κ3) is 4.34. The molecule has 0 bridgehead atoms. The third-order valence-corrected chi connectivity index (χ3v) is 7.32. The minimum Gasteiger partial charge on any atom is -0.381 e. The van der Waals surface area contributed by atoms with Crippen LogP contribution < -0.4 is 4.90 Å². The van der Waals surface area contributed by atoms with Crippen molar-refractivity contribution in [3.8, 4) is 0 Å². The minimum absolute atomic E-state index is 0.791. The lowest BCUT2D eigenvalue weighted by Crippen LogP contribution is -2.36. The molecule has 1 aromatic heterocycles. The van der Waals surface area contributed by atoms with E-state index in [9.17, 15) is 0 Å². The number of aromatic nitrogens is 2. The van der Waals surface area contributed by atoms with Crippen molar-refractivity contribution in [2.75, 3.05) is 64.1 Å². The molecule has 3 aliphatic heterocycles. The van der Waals surface area contributed by atoms with Gasteiger partial charge in [0, 0.05) is 45.9 Å². The molecule has 154 valence electrons. The molecule has 3 atom stereocenters. The van der Waals surface area contributed by atoms with Gasteiger partial charge in [-0.1, -0.05) is 0 Å². The Labute approximate surface area is 168 Å². The topological polar surface area (TPSA) is 50.7 Å². The maximum atomic E-state index is 5.51. The van der Waals surface area contributed by atoms with Crippen molar-refractivity contribution in [2.45, 2.75) is 32.1 Å². The summed E-state index contributed by atoms with van der Waals surface area (Å²) in [5.41, 5.74) is 1.17. The summed E-state index contributed by atoms with van der Waals surface area (Å²) in [4.78, 5) is 5.02. The van der Waals surface area contributed by atoms with E-state index < -0.39 is 0 Å². The van der Waals surface area contributed by atoms with E-state index in [1.54, 1.807) is 0 Å². The molecule has 5 rings (SSSR count). The summed E-state index contributed by atoms with van der Waals surface area (Å²) in [6.45, 7) is 9.31. The normalized spacial score (nSPS) is 32.0. The van der Waals surface area contributed by atoms with Crippen molar-refractivity contribution in [3.63, 3.8) is 0 Å². The van der Waals surface area contributed by atoms with Crippen LogP contribution in [0.25, 0.3) is 0 Å². The highest BCUT2D eigenvalue weighted by molar-refractivity contribution is 5.37. The average Bonchev–Trinajstić information content (AvgIpc) is 3.28. The first kappa shape index (κ1) is 18.8. The van der Waals surface area contributed by atoms with Crippen molar-refractivity contribution in [2.24, 2.45) is 23.7 Å². The van der Waals surface area contributed by atoms with E-state index in [1.807, 2.05) is 0 Å². The van der Waals surface area contributed by atoms with Gasteiger partial charge in [-0.2, -0.15) is 5.10 Å². The summed E-state index contributed by atoms with van der Waals surface area (Å²) in [5.74, 6) is 4.47. The molecule has 6 heteroatoms. The van der Waals surface area contributed by atoms with E-state index in [0.29, 0.717) is 0 Å². The van der Waals surface area contributed by atoms with Crippen molar-refractivity contribution in [1.29, 1.82) is 0 Å². The summed E-state index contributed by atoms with van der Waals surface area (Å²) in [6.07, 6.45) is 6.37. The second-order valence-electron chi connectivity index (χ2n) is 9.32. The first-order valence-electron chi connectivity index (χ1n) is 11.3. The second kappa shape index (κ2) is 8.64. The van der Waals surface area contributed by atoms with Crippen LogP contribution in [0.4, 0.5) is 5.82 Å². The maximum Gasteiger partial charge on any atom is 0.151 e. The number of nitrogens with zero attached hydrogens (tertiary/aromatic N) is 4. The van der Waals surface area contributed by atoms with E-state index in [4.69, 9.17) is 9.47 Å². The standard InChI is InChI=1S/C22H34N4O2/c1-2-22(26-5-9-28-10-6-26)24-23-21(1)13-18-11-19-15-25(16-20(19)12-18)14-17-3-7-27-8-4-17/h1-2,17-20H,3-16H2/t18?,19-,20+. The zero-order valence-corrected chi connectivity index (χ0v) is 17.0. The number of fused-ring (bicyclic) bond motifs is 1. The van der Waals surface area contributed by atoms with Gasteiger partial charge < -0.3 is 19.3 Å². The fraction of sp³-hybridized carbons (Fsp3) is 0.818. The Morgan fingerprint density at radius 3 is 2.25 bits per heavy atom. The molecule has 4 aliphatic rings. The Bertz CT molecular complexity index is 614. The monoisotopic (exact) mass is 386 g/mol. The summed E-state index contributed by atoms with van der Waals surface area (Å²) in [5, 5.41) is 9.04. The van der Waals surface area contributed by atoms with Crippen molar-refractivity contribution in [3.05, 3.63) is 17.8 Å². The highest BCUT2D eigenvalue weighted by atomic mass is 16.5. The molecule has 4 heterocycles. The summed E-state index contributed by atoms with van der Waals surface area (Å²) in [7, 11) is 0. The van der Waals surface area contributed by atoms with Gasteiger partial charge in [0.1, 0.15) is 0 Å². The lowest BCUT2D eigenvalue weighted by molar-refractivity contribution is 0.0544. The molecule has 0 spiro atoms. The molecule has 28 heavy (non-hydrogen) atoms. The van der Waals surface area contributed by atoms with Gasteiger partial charge in [-0.05, 0) is 67.9 Å². The van der Waals surface area contributed by atoms with E-state index >= 15 is 0 Å². The largest absolute Gasteiger partial charge is 0.381 e. The zero-order valence-electron chi connectivity index (χ0n) is 17.0. The predicted octanol–water partition coefficient (Wildman–Crippen LogP) is 2.24. The molecule has 0 amide bonds. The van der Waals surface area contributed by atoms with Gasteiger partial charge in [-0.3, -0.25) is 0 Å². The van der Waals surface area contributed by atoms with Crippen LogP contribution >= 0.6 is 0 Å². The molecule has 0 N–H and O–H groups in total. The summed E-state index contributed by atoms with van der Waals surface area (Å²) >= 11 is 0. The number of rotatable bonds is 5. The highest BCUT2D eigenvalue weighted by Crippen LogP contribution is 2.43. The summed E-state index contributed by atoms with van der Waals surface area (Å²) < 4.78 is 10.9. The van der Waals surface area contributed by atoms with Gasteiger partial charge >= 0.3 is 0 Å². The third-order valence-electron chi connectivity index (χ3n) is 7.32. The van der Waals surface area contributed by atoms with Crippen molar-refractivity contribution in [1.82, 2.24) is 15.1 Å². The Hall–Kier alpha value is -1.24. The Kier molecular flexibility index (Phi) is 5.79. The molecule has 1 unspecified atom stereocenters. The van der Waals surface area contributed by atoms with Gasteiger partial charge in [-0.25, -0.2) is 0 Å². The van der Waals surface area contributed by atoms with Crippen molar-refractivity contribution >= 4 is 5.82 Å². The second-order valence-corrected chi connectivity index (χ2v) is 9.32. The Balaban J connectivity index is 1.09. The van der Waals surface area contributed by atoms with Crippen LogP contribution in [0.15, 0.2) is 12.1 Å². The van der Waals surface area contributed by atoms with Gasteiger partial charge in [0.05, 0.1) is 18.9 Å². The van der Waals surface area contributed by atoms with Gasteiger partial charge in [0.2, 0.25) is 0 Å². The number of likely N-dealkylation sites (tertiary alicyclic amines) is 1. The van der Waals surface area contributed by atoms with E-state index in [1.165, 1.54) is 51.0 Å². The van der Waals surface area contributed by atoms with Crippen LogP contribution in [0, 0.1) is 23.7 Å². The molecule has 1 aromatic rings. The van der Waals surface area contributed by atoms with Crippen LogP contribution in [0.5, 0.6) is 0 Å². The van der Waals surface area contributed by atoms with Crippen LogP contribution in [0.3, 0.4) is 0 Å². The molecule has 0 aromatic carbocycles. The van der Waals surface area contributed by atoms with E-state index in [-0.39, 0.29) is 0 Å².